The van der Waals surface area contributed by atoms with Crippen molar-refractivity contribution >= 4 is 17.7 Å². The molecule has 0 bridgehead atoms. The van der Waals surface area contributed by atoms with E-state index in [1.165, 1.54) is 11.0 Å². The lowest BCUT2D eigenvalue weighted by Gasteiger charge is -2.32. The van der Waals surface area contributed by atoms with Crippen LogP contribution in [-0.4, -0.2) is 51.6 Å². The van der Waals surface area contributed by atoms with Gasteiger partial charge in [0.15, 0.2) is 0 Å². The number of pyridine rings is 1. The van der Waals surface area contributed by atoms with Gasteiger partial charge in [-0.2, -0.15) is 0 Å². The molecular formula is C30H29FN4O4. The molecule has 2 fully saturated rings. The first kappa shape index (κ1) is 25.2. The summed E-state index contributed by atoms with van der Waals surface area (Å²) in [6, 6.07) is 15.9. The van der Waals surface area contributed by atoms with Crippen LogP contribution in [0.2, 0.25) is 0 Å². The first-order valence-electron chi connectivity index (χ1n) is 13.3. The quantitative estimate of drug-likeness (QED) is 0.484. The van der Waals surface area contributed by atoms with E-state index in [1.54, 1.807) is 6.20 Å². The van der Waals surface area contributed by atoms with E-state index in [0.29, 0.717) is 17.0 Å². The predicted molar refractivity (Wildman–Crippen MR) is 140 cm³/mol. The van der Waals surface area contributed by atoms with Crippen LogP contribution < -0.4 is 10.1 Å². The van der Waals surface area contributed by atoms with Gasteiger partial charge in [0, 0.05) is 42.9 Å². The Balaban J connectivity index is 1.11. The van der Waals surface area contributed by atoms with Crippen molar-refractivity contribution in [1.82, 2.24) is 20.1 Å². The maximum Gasteiger partial charge on any atom is 0.255 e. The number of nitrogens with zero attached hydrogens (tertiary/aromatic N) is 3. The van der Waals surface area contributed by atoms with Crippen LogP contribution in [0.1, 0.15) is 58.6 Å². The molecule has 1 atom stereocenters. The summed E-state index contributed by atoms with van der Waals surface area (Å²) in [6.07, 6.45) is 3.76. The van der Waals surface area contributed by atoms with Gasteiger partial charge >= 0.3 is 0 Å². The second-order valence-electron chi connectivity index (χ2n) is 10.4. The molecule has 0 aliphatic carbocycles. The van der Waals surface area contributed by atoms with Crippen molar-refractivity contribution in [3.05, 3.63) is 88.9 Å². The van der Waals surface area contributed by atoms with Gasteiger partial charge in [0.05, 0.1) is 0 Å². The van der Waals surface area contributed by atoms with Crippen LogP contribution >= 0.6 is 0 Å². The second-order valence-corrected chi connectivity index (χ2v) is 10.4. The Kier molecular flexibility index (Phi) is 6.83. The van der Waals surface area contributed by atoms with Gasteiger partial charge in [0.1, 0.15) is 17.6 Å². The summed E-state index contributed by atoms with van der Waals surface area (Å²) in [5.74, 6) is -0.159. The number of amides is 3. The monoisotopic (exact) mass is 528 g/mol. The third kappa shape index (κ3) is 5.14. The van der Waals surface area contributed by atoms with Gasteiger partial charge in [0.2, 0.25) is 17.7 Å². The minimum atomic E-state index is -0.707. The third-order valence-corrected chi connectivity index (χ3v) is 7.89. The van der Waals surface area contributed by atoms with Crippen LogP contribution in [0, 0.1) is 5.82 Å². The number of hydrogen-bond donors (Lipinski definition) is 1. The number of aromatic nitrogens is 1. The lowest BCUT2D eigenvalue weighted by Crippen LogP contribution is -2.52. The number of carbonyl (C=O) groups is 3. The molecule has 8 nitrogen and oxygen atoms in total. The number of fused-ring (bicyclic) bond motifs is 1. The molecule has 4 heterocycles. The van der Waals surface area contributed by atoms with E-state index >= 15 is 4.39 Å². The fourth-order valence-corrected chi connectivity index (χ4v) is 5.82. The smallest absolute Gasteiger partial charge is 0.255 e. The Morgan fingerprint density at radius 2 is 1.79 bits per heavy atom. The van der Waals surface area contributed by atoms with Crippen LogP contribution in [0.5, 0.6) is 11.6 Å². The first-order chi connectivity index (χ1) is 19.0. The number of benzene rings is 2. The van der Waals surface area contributed by atoms with Gasteiger partial charge in [-0.05, 0) is 67.6 Å². The fraction of sp³-hybridized carbons (Fsp3) is 0.333. The lowest BCUT2D eigenvalue weighted by atomic mass is 9.87. The van der Waals surface area contributed by atoms with Crippen LogP contribution in [0.4, 0.5) is 4.39 Å². The van der Waals surface area contributed by atoms with Crippen LogP contribution in [0.25, 0.3) is 0 Å². The highest BCUT2D eigenvalue weighted by Crippen LogP contribution is 2.36. The molecule has 1 N–H and O–H groups in total. The van der Waals surface area contributed by atoms with Crippen LogP contribution in [-0.2, 0) is 22.7 Å². The molecule has 0 spiro atoms. The number of ether oxygens (including phenoxy) is 1. The number of halogens is 1. The van der Waals surface area contributed by atoms with Crippen molar-refractivity contribution in [2.45, 2.75) is 50.7 Å². The standard InChI is InChI=1S/C30H29FN4O4/c31-24-16-23-21(18-35(30(23)38)25-8-9-27(36)33-29(25)37)15-22(24)19-10-13-34(14-11-19)17-20-5-1-2-6-26(20)39-28-7-3-4-12-32-28/h1-7,12,15-16,19,25H,8-11,13-14,17-18H2,(H,33,36,37). The fourth-order valence-electron chi connectivity index (χ4n) is 5.82. The molecule has 2 aromatic carbocycles. The summed E-state index contributed by atoms with van der Waals surface area (Å²) in [7, 11) is 0. The van der Waals surface area contributed by atoms with Gasteiger partial charge in [-0.1, -0.05) is 30.3 Å². The summed E-state index contributed by atoms with van der Waals surface area (Å²) in [5, 5.41) is 2.30. The van der Waals surface area contributed by atoms with E-state index in [0.717, 1.165) is 49.4 Å². The number of piperidine rings is 2. The summed E-state index contributed by atoms with van der Waals surface area (Å²) in [6.45, 7) is 2.58. The number of nitrogens with one attached hydrogen (secondary N) is 1. The molecule has 6 rings (SSSR count). The van der Waals surface area contributed by atoms with Gasteiger partial charge in [-0.3, -0.25) is 24.6 Å². The molecule has 200 valence electrons. The molecule has 3 amide bonds. The number of imide groups is 1. The predicted octanol–water partition coefficient (Wildman–Crippen LogP) is 4.15. The maximum atomic E-state index is 15.3. The Hall–Kier alpha value is -4.11. The molecule has 2 saturated heterocycles. The van der Waals surface area contributed by atoms with Crippen molar-refractivity contribution in [3.63, 3.8) is 0 Å². The van der Waals surface area contributed by atoms with E-state index in [1.807, 2.05) is 42.5 Å². The highest BCUT2D eigenvalue weighted by atomic mass is 19.1. The van der Waals surface area contributed by atoms with Gasteiger partial charge in [-0.15, -0.1) is 0 Å². The molecule has 1 aromatic heterocycles. The average Bonchev–Trinajstić information content (AvgIpc) is 3.25. The summed E-state index contributed by atoms with van der Waals surface area (Å²) >= 11 is 0. The number of para-hydroxylation sites is 1. The number of carbonyl (C=O) groups excluding carboxylic acids is 3. The Morgan fingerprint density at radius 3 is 2.56 bits per heavy atom. The molecule has 0 radical (unpaired) electrons. The van der Waals surface area contributed by atoms with Crippen molar-refractivity contribution in [2.24, 2.45) is 0 Å². The number of rotatable bonds is 6. The summed E-state index contributed by atoms with van der Waals surface area (Å²) in [4.78, 5) is 44.9. The van der Waals surface area contributed by atoms with E-state index < -0.39 is 11.9 Å². The maximum absolute atomic E-state index is 15.3. The highest BCUT2D eigenvalue weighted by molar-refractivity contribution is 6.05. The molecule has 3 aromatic rings. The van der Waals surface area contributed by atoms with Crippen molar-refractivity contribution in [3.8, 4) is 11.6 Å². The minimum Gasteiger partial charge on any atom is -0.439 e. The van der Waals surface area contributed by atoms with E-state index in [2.05, 4.69) is 21.3 Å². The summed E-state index contributed by atoms with van der Waals surface area (Å²) in [5.41, 5.74) is 2.75. The van der Waals surface area contributed by atoms with Gasteiger partial charge in [-0.25, -0.2) is 9.37 Å². The van der Waals surface area contributed by atoms with Gasteiger partial charge < -0.3 is 9.64 Å². The molecule has 39 heavy (non-hydrogen) atoms. The molecule has 9 heteroatoms. The first-order valence-corrected chi connectivity index (χ1v) is 13.3. The van der Waals surface area contributed by atoms with Crippen molar-refractivity contribution in [1.29, 1.82) is 0 Å². The third-order valence-electron chi connectivity index (χ3n) is 7.89. The molecule has 3 aliphatic heterocycles. The Labute approximate surface area is 225 Å². The SMILES string of the molecule is O=C1CCC(N2Cc3cc(C4CCN(Cc5ccccc5Oc5ccccn5)CC4)c(F)cc3C2=O)C(=O)N1. The van der Waals surface area contributed by atoms with E-state index in [4.69, 9.17) is 4.74 Å². The van der Waals surface area contributed by atoms with Crippen molar-refractivity contribution in [2.75, 3.05) is 13.1 Å². The van der Waals surface area contributed by atoms with Crippen molar-refractivity contribution < 1.29 is 23.5 Å². The van der Waals surface area contributed by atoms with E-state index in [9.17, 15) is 14.4 Å². The average molecular weight is 529 g/mol. The normalized spacial score (nSPS) is 20.2. The molecule has 3 aliphatic rings. The highest BCUT2D eigenvalue weighted by Gasteiger charge is 2.40. The van der Waals surface area contributed by atoms with E-state index in [-0.39, 0.29) is 42.9 Å². The molecule has 1 unspecified atom stereocenters. The molecule has 0 saturated carbocycles. The van der Waals surface area contributed by atoms with Gasteiger partial charge in [0.25, 0.3) is 5.91 Å². The summed E-state index contributed by atoms with van der Waals surface area (Å²) < 4.78 is 21.3. The number of hydrogen-bond acceptors (Lipinski definition) is 6. The topological polar surface area (TPSA) is 91.8 Å². The number of likely N-dealkylation sites (tertiary alicyclic amines) is 1. The Bertz CT molecular complexity index is 1420. The largest absolute Gasteiger partial charge is 0.439 e. The second kappa shape index (κ2) is 10.6. The lowest BCUT2D eigenvalue weighted by molar-refractivity contribution is -0.136. The molecular weight excluding hydrogens is 499 g/mol. The zero-order valence-electron chi connectivity index (χ0n) is 21.4. The van der Waals surface area contributed by atoms with Crippen LogP contribution in [0.3, 0.4) is 0 Å². The zero-order valence-corrected chi connectivity index (χ0v) is 21.4. The minimum absolute atomic E-state index is 0.0475. The Morgan fingerprint density at radius 1 is 1.00 bits per heavy atom. The zero-order chi connectivity index (χ0) is 26.9. The van der Waals surface area contributed by atoms with Crippen LogP contribution in [0.15, 0.2) is 60.8 Å².